The van der Waals surface area contributed by atoms with Crippen molar-refractivity contribution in [1.29, 1.82) is 0 Å². The van der Waals surface area contributed by atoms with E-state index in [1.165, 1.54) is 0 Å². The summed E-state index contributed by atoms with van der Waals surface area (Å²) in [5.41, 5.74) is 1.93. The summed E-state index contributed by atoms with van der Waals surface area (Å²) < 4.78 is 5.95. The number of carbonyl (C=O) groups excluding carboxylic acids is 2. The van der Waals surface area contributed by atoms with Crippen LogP contribution in [0.25, 0.3) is 0 Å². The number of para-hydroxylation sites is 2. The van der Waals surface area contributed by atoms with Crippen LogP contribution in [0, 0.1) is 0 Å². The van der Waals surface area contributed by atoms with Crippen LogP contribution in [0.3, 0.4) is 0 Å². The van der Waals surface area contributed by atoms with Gasteiger partial charge in [-0.25, -0.2) is 0 Å². The van der Waals surface area contributed by atoms with Crippen LogP contribution < -0.4 is 20.3 Å². The maximum atomic E-state index is 12.7. The SMILES string of the molecule is CCC(CC)NC(=O)C1CN(CC(=O)NCCc2ccc(Cl)cc2)c2ccccc2O1. The molecule has 0 saturated heterocycles. The van der Waals surface area contributed by atoms with E-state index in [1.807, 2.05) is 67.3 Å². The Morgan fingerprint density at radius 2 is 1.84 bits per heavy atom. The summed E-state index contributed by atoms with van der Waals surface area (Å²) >= 11 is 5.91. The number of benzene rings is 2. The molecular formula is C24H30ClN3O3. The van der Waals surface area contributed by atoms with Crippen LogP contribution in [0.4, 0.5) is 5.69 Å². The quantitative estimate of drug-likeness (QED) is 0.621. The third-order valence-corrected chi connectivity index (χ3v) is 5.72. The molecule has 1 aliphatic rings. The van der Waals surface area contributed by atoms with Gasteiger partial charge in [0.1, 0.15) is 5.75 Å². The maximum absolute atomic E-state index is 12.7. The summed E-state index contributed by atoms with van der Waals surface area (Å²) in [7, 11) is 0. The Hall–Kier alpha value is -2.73. The van der Waals surface area contributed by atoms with Crippen molar-refractivity contribution in [3.05, 3.63) is 59.1 Å². The zero-order chi connectivity index (χ0) is 22.2. The average Bonchev–Trinajstić information content (AvgIpc) is 2.78. The third-order valence-electron chi connectivity index (χ3n) is 5.47. The standard InChI is InChI=1S/C24H30ClN3O3/c1-3-19(4-2)27-24(30)22-15-28(20-7-5-6-8-21(20)31-22)16-23(29)26-14-13-17-9-11-18(25)12-10-17/h5-12,19,22H,3-4,13-16H2,1-2H3,(H,26,29)(H,27,30). The highest BCUT2D eigenvalue weighted by atomic mass is 35.5. The fourth-order valence-electron chi connectivity index (χ4n) is 3.61. The summed E-state index contributed by atoms with van der Waals surface area (Å²) in [5.74, 6) is 0.383. The van der Waals surface area contributed by atoms with Crippen LogP contribution in [-0.2, 0) is 16.0 Å². The van der Waals surface area contributed by atoms with Gasteiger partial charge in [-0.2, -0.15) is 0 Å². The second-order valence-corrected chi connectivity index (χ2v) is 8.14. The molecule has 1 aliphatic heterocycles. The Labute approximate surface area is 188 Å². The van der Waals surface area contributed by atoms with Crippen LogP contribution in [0.15, 0.2) is 48.5 Å². The van der Waals surface area contributed by atoms with Gasteiger partial charge in [0.15, 0.2) is 6.10 Å². The van der Waals surface area contributed by atoms with E-state index in [0.717, 1.165) is 30.5 Å². The van der Waals surface area contributed by atoms with Gasteiger partial charge in [-0.15, -0.1) is 0 Å². The molecule has 0 radical (unpaired) electrons. The number of carbonyl (C=O) groups is 2. The molecule has 0 spiro atoms. The minimum Gasteiger partial charge on any atom is -0.477 e. The molecular weight excluding hydrogens is 414 g/mol. The largest absolute Gasteiger partial charge is 0.477 e. The van der Waals surface area contributed by atoms with Crippen LogP contribution in [-0.4, -0.2) is 43.6 Å². The number of halogens is 1. The fraction of sp³-hybridized carbons (Fsp3) is 0.417. The summed E-state index contributed by atoms with van der Waals surface area (Å²) in [4.78, 5) is 27.3. The Morgan fingerprint density at radius 1 is 1.13 bits per heavy atom. The number of rotatable bonds is 9. The molecule has 6 nitrogen and oxygen atoms in total. The highest BCUT2D eigenvalue weighted by molar-refractivity contribution is 6.30. The Kier molecular flexibility index (Phi) is 8.18. The number of nitrogens with zero attached hydrogens (tertiary/aromatic N) is 1. The van der Waals surface area contributed by atoms with E-state index in [1.54, 1.807) is 0 Å². The molecule has 1 unspecified atom stereocenters. The molecule has 0 aromatic heterocycles. The van der Waals surface area contributed by atoms with Gasteiger partial charge in [0.05, 0.1) is 18.8 Å². The number of ether oxygens (including phenoxy) is 1. The fourth-order valence-corrected chi connectivity index (χ4v) is 3.73. The van der Waals surface area contributed by atoms with Crippen molar-refractivity contribution in [2.75, 3.05) is 24.5 Å². The molecule has 166 valence electrons. The number of fused-ring (bicyclic) bond motifs is 1. The second kappa shape index (κ2) is 11.0. The van der Waals surface area contributed by atoms with Crippen molar-refractivity contribution in [3.63, 3.8) is 0 Å². The number of amides is 2. The predicted molar refractivity (Wildman–Crippen MR) is 124 cm³/mol. The minimum atomic E-state index is -0.655. The lowest BCUT2D eigenvalue weighted by molar-refractivity contribution is -0.129. The molecule has 1 atom stereocenters. The van der Waals surface area contributed by atoms with Crippen molar-refractivity contribution in [2.24, 2.45) is 0 Å². The van der Waals surface area contributed by atoms with Crippen LogP contribution in [0.1, 0.15) is 32.3 Å². The van der Waals surface area contributed by atoms with Crippen molar-refractivity contribution < 1.29 is 14.3 Å². The van der Waals surface area contributed by atoms with Gasteiger partial charge >= 0.3 is 0 Å². The molecule has 7 heteroatoms. The van der Waals surface area contributed by atoms with Gasteiger partial charge in [0, 0.05) is 17.6 Å². The first-order valence-electron chi connectivity index (χ1n) is 10.8. The number of anilines is 1. The summed E-state index contributed by atoms with van der Waals surface area (Å²) in [5, 5.41) is 6.71. The van der Waals surface area contributed by atoms with Gasteiger partial charge < -0.3 is 20.3 Å². The predicted octanol–water partition coefficient (Wildman–Crippen LogP) is 3.57. The number of hydrogen-bond acceptors (Lipinski definition) is 4. The zero-order valence-electron chi connectivity index (χ0n) is 18.1. The molecule has 2 N–H and O–H groups in total. The van der Waals surface area contributed by atoms with E-state index in [0.29, 0.717) is 23.9 Å². The summed E-state index contributed by atoms with van der Waals surface area (Å²) in [6.45, 7) is 5.12. The summed E-state index contributed by atoms with van der Waals surface area (Å²) in [6, 6.07) is 15.2. The van der Waals surface area contributed by atoms with Gasteiger partial charge in [-0.05, 0) is 49.1 Å². The van der Waals surface area contributed by atoms with E-state index in [2.05, 4.69) is 10.6 Å². The molecule has 0 saturated carbocycles. The van der Waals surface area contributed by atoms with Gasteiger partial charge in [0.2, 0.25) is 5.91 Å². The molecule has 1 heterocycles. The number of nitrogens with one attached hydrogen (secondary N) is 2. The first-order chi connectivity index (χ1) is 15.0. The topological polar surface area (TPSA) is 70.7 Å². The van der Waals surface area contributed by atoms with Crippen LogP contribution >= 0.6 is 11.6 Å². The Morgan fingerprint density at radius 3 is 2.55 bits per heavy atom. The lowest BCUT2D eigenvalue weighted by atomic mass is 10.1. The lowest BCUT2D eigenvalue weighted by Crippen LogP contribution is -2.52. The molecule has 2 aromatic rings. The molecule has 0 aliphatic carbocycles. The van der Waals surface area contributed by atoms with Crippen molar-refractivity contribution in [3.8, 4) is 5.75 Å². The Bertz CT molecular complexity index is 884. The molecule has 0 fully saturated rings. The number of hydrogen-bond donors (Lipinski definition) is 2. The molecule has 3 rings (SSSR count). The zero-order valence-corrected chi connectivity index (χ0v) is 18.8. The average molecular weight is 444 g/mol. The van der Waals surface area contributed by atoms with E-state index in [-0.39, 0.29) is 24.4 Å². The summed E-state index contributed by atoms with van der Waals surface area (Å²) in [6.07, 6.45) is 1.80. The maximum Gasteiger partial charge on any atom is 0.263 e. The first kappa shape index (κ1) is 22.9. The highest BCUT2D eigenvalue weighted by Gasteiger charge is 2.32. The monoisotopic (exact) mass is 443 g/mol. The van der Waals surface area contributed by atoms with Crippen molar-refractivity contribution >= 4 is 29.1 Å². The molecule has 2 amide bonds. The lowest BCUT2D eigenvalue weighted by Gasteiger charge is -2.35. The van der Waals surface area contributed by atoms with E-state index in [9.17, 15) is 9.59 Å². The molecule has 0 bridgehead atoms. The van der Waals surface area contributed by atoms with Gasteiger partial charge in [-0.3, -0.25) is 9.59 Å². The Balaban J connectivity index is 1.59. The normalized spacial score (nSPS) is 15.2. The third kappa shape index (κ3) is 6.37. The second-order valence-electron chi connectivity index (χ2n) is 7.70. The first-order valence-corrected chi connectivity index (χ1v) is 11.2. The molecule has 2 aromatic carbocycles. The van der Waals surface area contributed by atoms with Crippen molar-refractivity contribution in [2.45, 2.75) is 45.3 Å². The van der Waals surface area contributed by atoms with Crippen LogP contribution in [0.5, 0.6) is 5.75 Å². The van der Waals surface area contributed by atoms with Crippen LogP contribution in [0.2, 0.25) is 5.02 Å². The van der Waals surface area contributed by atoms with E-state index in [4.69, 9.17) is 16.3 Å². The van der Waals surface area contributed by atoms with Gasteiger partial charge in [-0.1, -0.05) is 49.7 Å². The highest BCUT2D eigenvalue weighted by Crippen LogP contribution is 2.32. The van der Waals surface area contributed by atoms with Crippen molar-refractivity contribution in [1.82, 2.24) is 10.6 Å². The van der Waals surface area contributed by atoms with Gasteiger partial charge in [0.25, 0.3) is 5.91 Å². The van der Waals surface area contributed by atoms with E-state index >= 15 is 0 Å². The van der Waals surface area contributed by atoms with E-state index < -0.39 is 6.10 Å². The smallest absolute Gasteiger partial charge is 0.263 e. The minimum absolute atomic E-state index is 0.0928. The molecule has 31 heavy (non-hydrogen) atoms.